The molecule has 12 rings (SSSR count). The molecule has 59 heavy (non-hydrogen) atoms. The average molecular weight is 810 g/mol. The van der Waals surface area contributed by atoms with Gasteiger partial charge in [0, 0.05) is 24.0 Å². The van der Waals surface area contributed by atoms with E-state index in [1.807, 2.05) is 0 Å². The van der Waals surface area contributed by atoms with Gasteiger partial charge in [-0.25, -0.2) is 0 Å². The second-order valence-corrected chi connectivity index (χ2v) is 25.2. The minimum atomic E-state index is 0.522. The third kappa shape index (κ3) is 7.84. The van der Waals surface area contributed by atoms with Crippen LogP contribution in [-0.4, -0.2) is 47.4 Å². The van der Waals surface area contributed by atoms with E-state index in [0.717, 1.165) is 101 Å². The molecule has 2 saturated heterocycles. The Hall–Kier alpha value is -0.120. The van der Waals surface area contributed by atoms with Gasteiger partial charge in [-0.1, -0.05) is 70.6 Å². The molecule has 10 saturated carbocycles. The van der Waals surface area contributed by atoms with E-state index >= 15 is 0 Å². The summed E-state index contributed by atoms with van der Waals surface area (Å²) in [5.74, 6) is 13.7. The fourth-order valence-electron chi connectivity index (χ4n) is 20.2. The van der Waals surface area contributed by atoms with Crippen molar-refractivity contribution < 1.29 is 9.47 Å². The smallest absolute Gasteiger partial charge is 0.0667 e. The minimum Gasteiger partial charge on any atom is -0.374 e. The Morgan fingerprint density at radius 3 is 1.29 bits per heavy atom. The Bertz CT molecular complexity index is 1320. The number of fused-ring (bicyclic) bond motifs is 9. The third-order valence-electron chi connectivity index (χ3n) is 23.0. The lowest BCUT2D eigenvalue weighted by molar-refractivity contribution is -0.0880. The van der Waals surface area contributed by atoms with E-state index in [4.69, 9.17) is 9.47 Å². The fraction of sp³-hybridized carbons (Fsp3) is 1.00. The van der Waals surface area contributed by atoms with E-state index in [1.165, 1.54) is 135 Å². The lowest BCUT2D eigenvalue weighted by Gasteiger charge is -2.52. The largest absolute Gasteiger partial charge is 0.374 e. The average Bonchev–Trinajstić information content (AvgIpc) is 3.88. The van der Waals surface area contributed by atoms with Crippen LogP contribution in [0.3, 0.4) is 0 Å². The van der Waals surface area contributed by atoms with Crippen molar-refractivity contribution in [1.82, 2.24) is 4.90 Å². The third-order valence-corrected chi connectivity index (χ3v) is 23.0. The number of hydrogen-bond acceptors (Lipinski definition) is 3. The van der Waals surface area contributed by atoms with Gasteiger partial charge in [-0.3, -0.25) is 4.90 Å². The molecule has 10 aliphatic carbocycles. The van der Waals surface area contributed by atoms with Crippen molar-refractivity contribution in [3.63, 3.8) is 0 Å². The molecule has 15 atom stereocenters. The summed E-state index contributed by atoms with van der Waals surface area (Å²) >= 11 is 0. The molecule has 0 aromatic rings. The Morgan fingerprint density at radius 2 is 0.678 bits per heavy atom. The van der Waals surface area contributed by atoms with Gasteiger partial charge < -0.3 is 9.47 Å². The molecular formula is C56H91NO2. The molecule has 332 valence electrons. The van der Waals surface area contributed by atoms with E-state index in [-0.39, 0.29) is 0 Å². The zero-order valence-corrected chi connectivity index (χ0v) is 38.1. The van der Waals surface area contributed by atoms with Gasteiger partial charge >= 0.3 is 0 Å². The summed E-state index contributed by atoms with van der Waals surface area (Å²) in [6.07, 6.45) is 55.4. The first-order chi connectivity index (χ1) is 29.2. The van der Waals surface area contributed by atoms with Crippen molar-refractivity contribution in [3.05, 3.63) is 0 Å². The molecule has 3 nitrogen and oxygen atoms in total. The molecule has 3 heteroatoms. The van der Waals surface area contributed by atoms with Crippen molar-refractivity contribution in [2.24, 2.45) is 82.9 Å². The van der Waals surface area contributed by atoms with Crippen molar-refractivity contribution in [3.8, 4) is 0 Å². The molecule has 15 unspecified atom stereocenters. The van der Waals surface area contributed by atoms with Gasteiger partial charge in [-0.05, 0) is 231 Å². The van der Waals surface area contributed by atoms with Gasteiger partial charge in [0.2, 0.25) is 0 Å². The van der Waals surface area contributed by atoms with Crippen LogP contribution in [0.5, 0.6) is 0 Å². The highest BCUT2D eigenvalue weighted by Crippen LogP contribution is 2.59. The van der Waals surface area contributed by atoms with Crippen LogP contribution >= 0.6 is 0 Å². The molecule has 0 N–H and O–H groups in total. The molecule has 2 heterocycles. The maximum atomic E-state index is 7.55. The molecular weight excluding hydrogens is 719 g/mol. The van der Waals surface area contributed by atoms with Gasteiger partial charge in [-0.2, -0.15) is 0 Å². The molecule has 0 radical (unpaired) electrons. The highest BCUT2D eigenvalue weighted by Gasteiger charge is 2.60. The molecule has 0 aromatic heterocycles. The van der Waals surface area contributed by atoms with E-state index in [0.29, 0.717) is 24.4 Å². The van der Waals surface area contributed by atoms with Crippen molar-refractivity contribution >= 4 is 0 Å². The second kappa shape index (κ2) is 17.7. The van der Waals surface area contributed by atoms with Crippen LogP contribution in [0.15, 0.2) is 0 Å². The Balaban J connectivity index is 0.708. The first-order valence-electron chi connectivity index (χ1n) is 28.3. The summed E-state index contributed by atoms with van der Waals surface area (Å²) in [6.45, 7) is 0. The molecule has 0 spiro atoms. The SMILES string of the molecule is C1CCC2CC(C3CCC(N(C4CCC(C5CCC6CCCCC6C5)CC4)C4CCC(C5CCCC6C7CCC8OC9CCCCC9C8C7OC56)CC4)CC3)CCC2C1. The zero-order valence-electron chi connectivity index (χ0n) is 38.1. The molecule has 0 bridgehead atoms. The highest BCUT2D eigenvalue weighted by molar-refractivity contribution is 5.08. The Kier molecular flexibility index (Phi) is 12.1. The lowest BCUT2D eigenvalue weighted by atomic mass is 9.61. The van der Waals surface area contributed by atoms with Crippen LogP contribution in [-0.2, 0) is 9.47 Å². The van der Waals surface area contributed by atoms with Crippen LogP contribution in [0.2, 0.25) is 0 Å². The van der Waals surface area contributed by atoms with Gasteiger partial charge in [0.15, 0.2) is 0 Å². The van der Waals surface area contributed by atoms with Crippen LogP contribution in [0.1, 0.15) is 225 Å². The Labute approximate surface area is 363 Å². The summed E-state index contributed by atoms with van der Waals surface area (Å²) in [5.41, 5.74) is 0. The topological polar surface area (TPSA) is 21.7 Å². The fourth-order valence-corrected chi connectivity index (χ4v) is 20.2. The second-order valence-electron chi connectivity index (χ2n) is 25.2. The van der Waals surface area contributed by atoms with Crippen LogP contribution in [0.25, 0.3) is 0 Å². The quantitative estimate of drug-likeness (QED) is 0.267. The monoisotopic (exact) mass is 810 g/mol. The van der Waals surface area contributed by atoms with Crippen molar-refractivity contribution in [2.45, 2.75) is 267 Å². The lowest BCUT2D eigenvalue weighted by Crippen LogP contribution is -2.53. The predicted molar refractivity (Wildman–Crippen MR) is 241 cm³/mol. The maximum absolute atomic E-state index is 7.55. The first kappa shape index (κ1) is 40.4. The number of nitrogens with zero attached hydrogens (tertiary/aromatic N) is 1. The van der Waals surface area contributed by atoms with Crippen LogP contribution in [0.4, 0.5) is 0 Å². The van der Waals surface area contributed by atoms with Crippen molar-refractivity contribution in [1.29, 1.82) is 0 Å². The molecule has 0 amide bonds. The molecule has 12 fully saturated rings. The predicted octanol–water partition coefficient (Wildman–Crippen LogP) is 14.3. The summed E-state index contributed by atoms with van der Waals surface area (Å²) in [4.78, 5) is 3.36. The standard InChI is InChI=1S/C56H91NO2/c1-3-10-41-34-43(18-16-36(41)8-1)38-20-26-45(27-21-38)57(46-28-22-39(23-29-46)44-19-17-37-9-2-4-11-42(37)35-44)47-30-24-40(25-31-47)48-13-7-14-49-50-32-33-53-54(56(50)59-55(48)49)51-12-5-6-15-52(51)58-53/h36-56H,1-35H2. The molecule has 12 aliphatic rings. The zero-order chi connectivity index (χ0) is 38.9. The first-order valence-corrected chi connectivity index (χ1v) is 28.3. The van der Waals surface area contributed by atoms with E-state index in [9.17, 15) is 0 Å². The minimum absolute atomic E-state index is 0.522. The molecule has 0 aromatic carbocycles. The maximum Gasteiger partial charge on any atom is 0.0667 e. The summed E-state index contributed by atoms with van der Waals surface area (Å²) in [5, 5.41) is 0. The number of rotatable bonds is 6. The normalized spacial score (nSPS) is 53.9. The van der Waals surface area contributed by atoms with Crippen LogP contribution < -0.4 is 0 Å². The van der Waals surface area contributed by atoms with Gasteiger partial charge in [-0.15, -0.1) is 0 Å². The van der Waals surface area contributed by atoms with Crippen molar-refractivity contribution in [2.75, 3.05) is 0 Å². The summed E-state index contributed by atoms with van der Waals surface area (Å²) in [6, 6.07) is 2.66. The van der Waals surface area contributed by atoms with E-state index in [2.05, 4.69) is 4.90 Å². The van der Waals surface area contributed by atoms with Crippen LogP contribution in [0, 0.1) is 82.9 Å². The number of hydrogen-bond donors (Lipinski definition) is 0. The van der Waals surface area contributed by atoms with Gasteiger partial charge in [0.25, 0.3) is 0 Å². The highest BCUT2D eigenvalue weighted by atomic mass is 16.5. The van der Waals surface area contributed by atoms with Gasteiger partial charge in [0.1, 0.15) is 0 Å². The van der Waals surface area contributed by atoms with Gasteiger partial charge in [0.05, 0.1) is 24.4 Å². The summed E-state index contributed by atoms with van der Waals surface area (Å²) < 4.78 is 14.4. The molecule has 2 aliphatic heterocycles. The Morgan fingerprint density at radius 1 is 0.254 bits per heavy atom. The van der Waals surface area contributed by atoms with E-state index in [1.54, 1.807) is 89.9 Å². The van der Waals surface area contributed by atoms with E-state index < -0.39 is 0 Å². The number of ether oxygens (including phenoxy) is 2. The summed E-state index contributed by atoms with van der Waals surface area (Å²) in [7, 11) is 0.